The van der Waals surface area contributed by atoms with E-state index in [0.717, 1.165) is 25.3 Å². The molecule has 1 aliphatic heterocycles. The van der Waals surface area contributed by atoms with Crippen LogP contribution in [0.1, 0.15) is 19.5 Å². The minimum Gasteiger partial charge on any atom is -0.383 e. The molecular formula is C20H30N4O3S. The lowest BCUT2D eigenvalue weighted by molar-refractivity contribution is 0.166. The van der Waals surface area contributed by atoms with E-state index in [1.165, 1.54) is 5.69 Å². The zero-order valence-electron chi connectivity index (χ0n) is 16.9. The highest BCUT2D eigenvalue weighted by atomic mass is 32.2. The lowest BCUT2D eigenvalue weighted by Gasteiger charge is -2.41. The summed E-state index contributed by atoms with van der Waals surface area (Å²) in [4.78, 5) is 9.04. The second kappa shape index (κ2) is 9.07. The van der Waals surface area contributed by atoms with Gasteiger partial charge in [-0.25, -0.2) is 13.4 Å². The highest BCUT2D eigenvalue weighted by Crippen LogP contribution is 2.21. The Balaban J connectivity index is 1.75. The molecule has 0 bridgehead atoms. The Morgan fingerprint density at radius 1 is 1.21 bits per heavy atom. The van der Waals surface area contributed by atoms with Crippen molar-refractivity contribution in [2.45, 2.75) is 38.1 Å². The standard InChI is InChI=1S/C20H30N4O3S/c1-4-28(25,26)20-21-14-19(24(20)12-13-27-3)16-22-10-11-23(15-17(22)2)18-8-6-5-7-9-18/h5-9,14,17H,4,10-13,15-16H2,1-3H3. The van der Waals surface area contributed by atoms with Gasteiger partial charge in [0.2, 0.25) is 15.0 Å². The molecule has 0 radical (unpaired) electrons. The van der Waals surface area contributed by atoms with Gasteiger partial charge >= 0.3 is 0 Å². The summed E-state index contributed by atoms with van der Waals surface area (Å²) in [7, 11) is -1.75. The topological polar surface area (TPSA) is 67.7 Å². The van der Waals surface area contributed by atoms with Crippen molar-refractivity contribution in [2.75, 3.05) is 44.0 Å². The molecule has 1 unspecified atom stereocenters. The van der Waals surface area contributed by atoms with Crippen molar-refractivity contribution in [3.63, 3.8) is 0 Å². The Hall–Kier alpha value is -1.90. The molecule has 1 aliphatic rings. The maximum atomic E-state index is 12.4. The molecule has 3 rings (SSSR count). The predicted molar refractivity (Wildman–Crippen MR) is 110 cm³/mol. The minimum absolute atomic E-state index is 0.0442. The van der Waals surface area contributed by atoms with E-state index >= 15 is 0 Å². The first-order chi connectivity index (χ1) is 13.5. The fourth-order valence-electron chi connectivity index (χ4n) is 3.63. The lowest BCUT2D eigenvalue weighted by atomic mass is 10.1. The van der Waals surface area contributed by atoms with Gasteiger partial charge in [0.05, 0.1) is 24.3 Å². The van der Waals surface area contributed by atoms with Crippen LogP contribution in [-0.4, -0.2) is 68.0 Å². The monoisotopic (exact) mass is 406 g/mol. The number of rotatable bonds is 8. The molecular weight excluding hydrogens is 376 g/mol. The fourth-order valence-corrected chi connectivity index (χ4v) is 4.64. The summed E-state index contributed by atoms with van der Waals surface area (Å²) in [6.45, 7) is 8.29. The van der Waals surface area contributed by atoms with Crippen LogP contribution >= 0.6 is 0 Å². The van der Waals surface area contributed by atoms with E-state index in [-0.39, 0.29) is 10.9 Å². The molecule has 1 fully saturated rings. The van der Waals surface area contributed by atoms with Gasteiger partial charge in [0.15, 0.2) is 0 Å². The summed E-state index contributed by atoms with van der Waals surface area (Å²) in [5.74, 6) is 0.0442. The normalized spacial score (nSPS) is 18.5. The van der Waals surface area contributed by atoms with E-state index in [1.807, 2.05) is 6.07 Å². The summed E-state index contributed by atoms with van der Waals surface area (Å²) in [5.41, 5.74) is 2.17. The first-order valence-corrected chi connectivity index (χ1v) is 11.4. The zero-order chi connectivity index (χ0) is 20.1. The van der Waals surface area contributed by atoms with Gasteiger partial charge in [-0.3, -0.25) is 4.90 Å². The summed E-state index contributed by atoms with van der Waals surface area (Å²) in [5, 5.41) is 0.151. The zero-order valence-corrected chi connectivity index (χ0v) is 17.7. The van der Waals surface area contributed by atoms with E-state index in [4.69, 9.17) is 4.74 Å². The predicted octanol–water partition coefficient (Wildman–Crippen LogP) is 2.03. The number of para-hydroxylation sites is 1. The summed E-state index contributed by atoms with van der Waals surface area (Å²) >= 11 is 0. The quantitative estimate of drug-likeness (QED) is 0.668. The Kier molecular flexibility index (Phi) is 6.74. The highest BCUT2D eigenvalue weighted by molar-refractivity contribution is 7.91. The van der Waals surface area contributed by atoms with Crippen molar-refractivity contribution >= 4 is 15.5 Å². The Bertz CT molecular complexity index is 867. The van der Waals surface area contributed by atoms with Crippen molar-refractivity contribution < 1.29 is 13.2 Å². The molecule has 1 atom stereocenters. The first-order valence-electron chi connectivity index (χ1n) is 9.76. The number of ether oxygens (including phenoxy) is 1. The number of benzene rings is 1. The van der Waals surface area contributed by atoms with E-state index in [0.29, 0.717) is 25.7 Å². The highest BCUT2D eigenvalue weighted by Gasteiger charge is 2.27. The molecule has 2 heterocycles. The first kappa shape index (κ1) is 20.8. The Morgan fingerprint density at radius 2 is 1.96 bits per heavy atom. The number of anilines is 1. The third-order valence-corrected chi connectivity index (χ3v) is 6.97. The van der Waals surface area contributed by atoms with E-state index < -0.39 is 9.84 Å². The second-order valence-electron chi connectivity index (χ2n) is 7.18. The summed E-state index contributed by atoms with van der Waals surface area (Å²) < 4.78 is 31.8. The van der Waals surface area contributed by atoms with Crippen LogP contribution in [0.5, 0.6) is 0 Å². The lowest BCUT2D eigenvalue weighted by Crippen LogP contribution is -2.51. The van der Waals surface area contributed by atoms with Gasteiger partial charge < -0.3 is 14.2 Å². The molecule has 1 saturated heterocycles. The van der Waals surface area contributed by atoms with Crippen molar-refractivity contribution in [1.82, 2.24) is 14.5 Å². The number of hydrogen-bond acceptors (Lipinski definition) is 6. The van der Waals surface area contributed by atoms with Crippen LogP contribution in [0.3, 0.4) is 0 Å². The Labute approximate surface area is 167 Å². The largest absolute Gasteiger partial charge is 0.383 e. The van der Waals surface area contributed by atoms with Crippen LogP contribution in [-0.2, 0) is 27.7 Å². The Morgan fingerprint density at radius 3 is 2.61 bits per heavy atom. The van der Waals surface area contributed by atoms with E-state index in [2.05, 4.69) is 46.0 Å². The van der Waals surface area contributed by atoms with Crippen LogP contribution < -0.4 is 4.90 Å². The molecule has 2 aromatic rings. The average molecular weight is 407 g/mol. The van der Waals surface area contributed by atoms with Gasteiger partial charge in [0.25, 0.3) is 0 Å². The minimum atomic E-state index is -3.37. The molecule has 7 nitrogen and oxygen atoms in total. The van der Waals surface area contributed by atoms with Crippen LogP contribution in [0.15, 0.2) is 41.7 Å². The fraction of sp³-hybridized carbons (Fsp3) is 0.550. The van der Waals surface area contributed by atoms with Gasteiger partial charge in [-0.05, 0) is 19.1 Å². The second-order valence-corrected chi connectivity index (χ2v) is 9.35. The van der Waals surface area contributed by atoms with Crippen LogP contribution in [0.2, 0.25) is 0 Å². The van der Waals surface area contributed by atoms with E-state index in [1.54, 1.807) is 24.8 Å². The number of methoxy groups -OCH3 is 1. The van der Waals surface area contributed by atoms with Crippen molar-refractivity contribution in [2.24, 2.45) is 0 Å². The molecule has 28 heavy (non-hydrogen) atoms. The smallest absolute Gasteiger partial charge is 0.227 e. The van der Waals surface area contributed by atoms with Gasteiger partial charge in [-0.1, -0.05) is 25.1 Å². The van der Waals surface area contributed by atoms with Crippen LogP contribution in [0, 0.1) is 0 Å². The number of sulfone groups is 1. The summed E-state index contributed by atoms with van der Waals surface area (Å²) in [6, 6.07) is 10.8. The summed E-state index contributed by atoms with van der Waals surface area (Å²) in [6.07, 6.45) is 1.70. The average Bonchev–Trinajstić information content (AvgIpc) is 3.12. The maximum absolute atomic E-state index is 12.4. The third kappa shape index (κ3) is 4.56. The molecule has 0 N–H and O–H groups in total. The van der Waals surface area contributed by atoms with Crippen molar-refractivity contribution in [3.05, 3.63) is 42.2 Å². The molecule has 154 valence electrons. The number of aromatic nitrogens is 2. The van der Waals surface area contributed by atoms with Gasteiger partial charge in [-0.2, -0.15) is 0 Å². The number of nitrogens with zero attached hydrogens (tertiary/aromatic N) is 4. The van der Waals surface area contributed by atoms with Crippen LogP contribution in [0.4, 0.5) is 5.69 Å². The van der Waals surface area contributed by atoms with Crippen molar-refractivity contribution in [3.8, 4) is 0 Å². The van der Waals surface area contributed by atoms with Crippen molar-refractivity contribution in [1.29, 1.82) is 0 Å². The molecule has 8 heteroatoms. The number of hydrogen-bond donors (Lipinski definition) is 0. The SMILES string of the molecule is CCS(=O)(=O)c1ncc(CN2CCN(c3ccccc3)CC2C)n1CCOC. The molecule has 1 aromatic carbocycles. The molecule has 0 spiro atoms. The molecule has 1 aromatic heterocycles. The molecule has 0 saturated carbocycles. The van der Waals surface area contributed by atoms with Gasteiger partial charge in [0.1, 0.15) is 0 Å². The van der Waals surface area contributed by atoms with Gasteiger partial charge in [-0.15, -0.1) is 0 Å². The van der Waals surface area contributed by atoms with Crippen LogP contribution in [0.25, 0.3) is 0 Å². The maximum Gasteiger partial charge on any atom is 0.227 e. The van der Waals surface area contributed by atoms with E-state index in [9.17, 15) is 8.42 Å². The number of imidazole rings is 1. The molecule has 0 aliphatic carbocycles. The number of piperazine rings is 1. The van der Waals surface area contributed by atoms with Gasteiger partial charge in [0, 0.05) is 51.6 Å². The third-order valence-electron chi connectivity index (χ3n) is 5.33. The molecule has 0 amide bonds.